The maximum Gasteiger partial charge on any atom is 0.222 e. The summed E-state index contributed by atoms with van der Waals surface area (Å²) in [6, 6.07) is 7.09. The summed E-state index contributed by atoms with van der Waals surface area (Å²) in [7, 11) is 2.11. The van der Waals surface area contributed by atoms with Crippen molar-refractivity contribution in [3.8, 4) is 0 Å². The van der Waals surface area contributed by atoms with Crippen LogP contribution in [-0.2, 0) is 11.3 Å². The largest absolute Gasteiger partial charge is 0.338 e. The van der Waals surface area contributed by atoms with Crippen LogP contribution in [0.3, 0.4) is 0 Å². The summed E-state index contributed by atoms with van der Waals surface area (Å²) < 4.78 is 13.4. The Bertz CT molecular complexity index is 706. The van der Waals surface area contributed by atoms with Gasteiger partial charge in [-0.1, -0.05) is 12.1 Å². The highest BCUT2D eigenvalue weighted by molar-refractivity contribution is 7.09. The van der Waals surface area contributed by atoms with Gasteiger partial charge >= 0.3 is 0 Å². The molecule has 0 radical (unpaired) electrons. The maximum absolute atomic E-state index is 13.4. The van der Waals surface area contributed by atoms with Crippen LogP contribution in [0, 0.1) is 5.82 Å². The number of aromatic nitrogens is 1. The van der Waals surface area contributed by atoms with Crippen molar-refractivity contribution in [1.82, 2.24) is 14.8 Å². The molecular formula is C19H24FN3OS. The van der Waals surface area contributed by atoms with Crippen LogP contribution in [0.1, 0.15) is 42.8 Å². The number of rotatable bonds is 5. The molecule has 1 aromatic carbocycles. The number of hydrogen-bond donors (Lipinski definition) is 0. The Kier molecular flexibility index (Phi) is 5.81. The standard InChI is InChI=1S/C19H24FN3OS/c1-14(19-21-9-11-25-19)22(2)17-6-7-18(24)23(10-8-17)13-15-4-3-5-16(20)12-15/h3-5,9,11-12,14,17H,6-8,10,13H2,1-2H3. The van der Waals surface area contributed by atoms with E-state index in [0.717, 1.165) is 23.4 Å². The summed E-state index contributed by atoms with van der Waals surface area (Å²) in [5.74, 6) is -0.100. The number of halogens is 1. The summed E-state index contributed by atoms with van der Waals surface area (Å²) in [5, 5.41) is 3.10. The van der Waals surface area contributed by atoms with Gasteiger partial charge in [-0.05, 0) is 44.5 Å². The number of nitrogens with zero attached hydrogens (tertiary/aromatic N) is 3. The van der Waals surface area contributed by atoms with Crippen molar-refractivity contribution < 1.29 is 9.18 Å². The SMILES string of the molecule is CC(c1nccs1)N(C)C1CCC(=O)N(Cc2cccc(F)c2)CC1. The number of likely N-dealkylation sites (tertiary alicyclic amines) is 1. The van der Waals surface area contributed by atoms with E-state index in [0.29, 0.717) is 25.6 Å². The van der Waals surface area contributed by atoms with Crippen LogP contribution in [0.5, 0.6) is 0 Å². The van der Waals surface area contributed by atoms with Crippen LogP contribution in [0.25, 0.3) is 0 Å². The topological polar surface area (TPSA) is 36.4 Å². The zero-order valence-corrected chi connectivity index (χ0v) is 15.5. The summed E-state index contributed by atoms with van der Waals surface area (Å²) in [4.78, 5) is 21.1. The van der Waals surface area contributed by atoms with Gasteiger partial charge in [-0.15, -0.1) is 11.3 Å². The summed E-state index contributed by atoms with van der Waals surface area (Å²) in [6.45, 7) is 3.35. The van der Waals surface area contributed by atoms with Crippen molar-refractivity contribution in [3.63, 3.8) is 0 Å². The minimum Gasteiger partial charge on any atom is -0.338 e. The van der Waals surface area contributed by atoms with Gasteiger partial charge in [0.1, 0.15) is 10.8 Å². The molecule has 1 aliphatic rings. The molecule has 0 aliphatic carbocycles. The highest BCUT2D eigenvalue weighted by Crippen LogP contribution is 2.27. The molecule has 2 atom stereocenters. The molecule has 2 aromatic rings. The summed E-state index contributed by atoms with van der Waals surface area (Å²) >= 11 is 1.67. The molecule has 0 spiro atoms. The number of carbonyl (C=O) groups is 1. The van der Waals surface area contributed by atoms with Gasteiger partial charge in [-0.2, -0.15) is 0 Å². The van der Waals surface area contributed by atoms with Gasteiger partial charge < -0.3 is 4.90 Å². The van der Waals surface area contributed by atoms with Gasteiger partial charge in [0.2, 0.25) is 5.91 Å². The lowest BCUT2D eigenvalue weighted by molar-refractivity contribution is -0.131. The third-order valence-corrected chi connectivity index (χ3v) is 5.98. The molecule has 3 rings (SSSR count). The Labute approximate surface area is 152 Å². The minimum atomic E-state index is -0.255. The zero-order chi connectivity index (χ0) is 17.8. The lowest BCUT2D eigenvalue weighted by Gasteiger charge is -2.31. The fourth-order valence-electron chi connectivity index (χ4n) is 3.38. The van der Waals surface area contributed by atoms with E-state index in [1.165, 1.54) is 12.1 Å². The van der Waals surface area contributed by atoms with E-state index in [4.69, 9.17) is 0 Å². The van der Waals surface area contributed by atoms with Crippen molar-refractivity contribution in [1.29, 1.82) is 0 Å². The number of benzene rings is 1. The lowest BCUT2D eigenvalue weighted by Crippen LogP contribution is -2.35. The average molecular weight is 361 g/mol. The first-order chi connectivity index (χ1) is 12.0. The third-order valence-electron chi connectivity index (χ3n) is 5.03. The molecule has 134 valence electrons. The number of thiazole rings is 1. The van der Waals surface area contributed by atoms with Gasteiger partial charge in [0.05, 0.1) is 6.04 Å². The number of carbonyl (C=O) groups excluding carboxylic acids is 1. The van der Waals surface area contributed by atoms with E-state index in [2.05, 4.69) is 23.9 Å². The van der Waals surface area contributed by atoms with Crippen molar-refractivity contribution in [2.24, 2.45) is 0 Å². The Hall–Kier alpha value is -1.79. The van der Waals surface area contributed by atoms with Gasteiger partial charge in [0, 0.05) is 37.1 Å². The van der Waals surface area contributed by atoms with Gasteiger partial charge in [-0.25, -0.2) is 9.37 Å². The predicted molar refractivity (Wildman–Crippen MR) is 97.7 cm³/mol. The molecule has 1 fully saturated rings. The van der Waals surface area contributed by atoms with E-state index in [1.807, 2.05) is 22.5 Å². The monoisotopic (exact) mass is 361 g/mol. The van der Waals surface area contributed by atoms with Crippen LogP contribution >= 0.6 is 11.3 Å². The first-order valence-electron chi connectivity index (χ1n) is 8.68. The van der Waals surface area contributed by atoms with Gasteiger partial charge in [0.15, 0.2) is 0 Å². The van der Waals surface area contributed by atoms with Crippen LogP contribution in [0.2, 0.25) is 0 Å². The Balaban J connectivity index is 1.63. The average Bonchev–Trinajstić information content (AvgIpc) is 3.07. The second-order valence-corrected chi connectivity index (χ2v) is 7.56. The van der Waals surface area contributed by atoms with Crippen LogP contribution in [0.4, 0.5) is 4.39 Å². The molecule has 1 aromatic heterocycles. The van der Waals surface area contributed by atoms with Crippen molar-refractivity contribution >= 4 is 17.2 Å². The number of amides is 1. The third kappa shape index (κ3) is 4.44. The lowest BCUT2D eigenvalue weighted by atomic mass is 10.1. The molecule has 0 N–H and O–H groups in total. The molecule has 25 heavy (non-hydrogen) atoms. The summed E-state index contributed by atoms with van der Waals surface area (Å²) in [5.41, 5.74) is 0.844. The summed E-state index contributed by atoms with van der Waals surface area (Å²) in [6.07, 6.45) is 4.15. The molecular weight excluding hydrogens is 337 g/mol. The molecule has 0 bridgehead atoms. The molecule has 2 unspecified atom stereocenters. The van der Waals surface area contributed by atoms with Crippen LogP contribution in [0.15, 0.2) is 35.8 Å². The van der Waals surface area contributed by atoms with E-state index >= 15 is 0 Å². The smallest absolute Gasteiger partial charge is 0.222 e. The molecule has 1 aliphatic heterocycles. The quantitative estimate of drug-likeness (QED) is 0.811. The minimum absolute atomic E-state index is 0.155. The Morgan fingerprint density at radius 3 is 3.00 bits per heavy atom. The Morgan fingerprint density at radius 2 is 2.28 bits per heavy atom. The van der Waals surface area contributed by atoms with Gasteiger partial charge in [-0.3, -0.25) is 9.69 Å². The fraction of sp³-hybridized carbons (Fsp3) is 0.474. The zero-order valence-electron chi connectivity index (χ0n) is 14.7. The predicted octanol–water partition coefficient (Wildman–Crippen LogP) is 3.86. The molecule has 1 saturated heterocycles. The highest BCUT2D eigenvalue weighted by atomic mass is 32.1. The fourth-order valence-corrected chi connectivity index (χ4v) is 4.13. The van der Waals surface area contributed by atoms with Crippen LogP contribution in [-0.4, -0.2) is 40.3 Å². The second kappa shape index (κ2) is 8.06. The van der Waals surface area contributed by atoms with Crippen molar-refractivity contribution in [3.05, 3.63) is 52.2 Å². The highest BCUT2D eigenvalue weighted by Gasteiger charge is 2.28. The molecule has 4 nitrogen and oxygen atoms in total. The molecule has 2 heterocycles. The molecule has 6 heteroatoms. The van der Waals surface area contributed by atoms with E-state index in [1.54, 1.807) is 17.4 Å². The van der Waals surface area contributed by atoms with Crippen molar-refractivity contribution in [2.45, 2.75) is 44.8 Å². The Morgan fingerprint density at radius 1 is 1.44 bits per heavy atom. The van der Waals surface area contributed by atoms with Gasteiger partial charge in [0.25, 0.3) is 0 Å². The number of hydrogen-bond acceptors (Lipinski definition) is 4. The second-order valence-electron chi connectivity index (χ2n) is 6.64. The van der Waals surface area contributed by atoms with E-state index in [9.17, 15) is 9.18 Å². The first kappa shape index (κ1) is 18.0. The van der Waals surface area contributed by atoms with E-state index < -0.39 is 0 Å². The van der Waals surface area contributed by atoms with Crippen molar-refractivity contribution in [2.75, 3.05) is 13.6 Å². The maximum atomic E-state index is 13.4. The molecule has 0 saturated carbocycles. The molecule has 1 amide bonds. The normalized spacial score (nSPS) is 19.9. The first-order valence-corrected chi connectivity index (χ1v) is 9.56. The van der Waals surface area contributed by atoms with Crippen LogP contribution < -0.4 is 0 Å². The van der Waals surface area contributed by atoms with E-state index in [-0.39, 0.29) is 17.8 Å².